The average molecular weight is 747 g/mol. The number of carbonyl (C=O) groups is 2. The number of ether oxygens (including phenoxy) is 3. The first-order valence-corrected chi connectivity index (χ1v) is 22.5. The molecule has 0 saturated heterocycles. The highest BCUT2D eigenvalue weighted by Crippen LogP contribution is 2.30. The summed E-state index contributed by atoms with van der Waals surface area (Å²) in [5, 5.41) is 6.57. The summed E-state index contributed by atoms with van der Waals surface area (Å²) in [4.78, 5) is 30.7. The zero-order chi connectivity index (χ0) is 38.5. The molecule has 0 aliphatic carbocycles. The summed E-state index contributed by atoms with van der Waals surface area (Å²) in [6, 6.07) is 32.7. The number of fused-ring (bicyclic) bond motifs is 1. The van der Waals surface area contributed by atoms with E-state index in [-0.39, 0.29) is 30.9 Å². The van der Waals surface area contributed by atoms with Crippen LogP contribution in [0, 0.1) is 6.92 Å². The zero-order valence-corrected chi connectivity index (χ0v) is 33.5. The van der Waals surface area contributed by atoms with Crippen LogP contribution in [-0.4, -0.2) is 49.3 Å². The van der Waals surface area contributed by atoms with Crippen molar-refractivity contribution in [3.05, 3.63) is 125 Å². The second-order valence-electron chi connectivity index (χ2n) is 14.7. The Hall–Kier alpha value is -5.03. The van der Waals surface area contributed by atoms with Crippen LogP contribution in [0.3, 0.4) is 0 Å². The Kier molecular flexibility index (Phi) is 14.4. The molecular formula is C44H54N4O5Si. The SMILES string of the molecule is CCOC(=O)CC(=CCCOCc1ccccc1)c1ccc(NC(=O)Cc2ccc3nc(Nc4ccccc4C)n(C(C)OCC[Si](C)(C)C)c3c2)cc1. The van der Waals surface area contributed by atoms with Crippen LogP contribution in [-0.2, 0) is 36.8 Å². The van der Waals surface area contributed by atoms with Crippen LogP contribution in [0.15, 0.2) is 103 Å². The summed E-state index contributed by atoms with van der Waals surface area (Å²) in [5.41, 5.74) is 8.21. The summed E-state index contributed by atoms with van der Waals surface area (Å²) in [5.74, 6) is 0.275. The van der Waals surface area contributed by atoms with Gasteiger partial charge in [-0.15, -0.1) is 0 Å². The van der Waals surface area contributed by atoms with Crippen molar-refractivity contribution in [2.45, 2.75) is 78.6 Å². The lowest BCUT2D eigenvalue weighted by Crippen LogP contribution is -2.23. The first kappa shape index (κ1) is 40.2. The Bertz CT molecular complexity index is 2020. The highest BCUT2D eigenvalue weighted by Gasteiger charge is 2.20. The van der Waals surface area contributed by atoms with Crippen LogP contribution < -0.4 is 10.6 Å². The van der Waals surface area contributed by atoms with Gasteiger partial charge >= 0.3 is 5.97 Å². The van der Waals surface area contributed by atoms with Gasteiger partial charge in [0.25, 0.3) is 0 Å². The molecule has 9 nitrogen and oxygen atoms in total. The van der Waals surface area contributed by atoms with Gasteiger partial charge in [-0.3, -0.25) is 14.2 Å². The maximum Gasteiger partial charge on any atom is 0.310 e. The lowest BCUT2D eigenvalue weighted by molar-refractivity contribution is -0.141. The second-order valence-corrected chi connectivity index (χ2v) is 20.3. The van der Waals surface area contributed by atoms with Gasteiger partial charge in [-0.05, 0) is 91.4 Å². The maximum absolute atomic E-state index is 13.3. The molecule has 0 spiro atoms. The quantitative estimate of drug-likeness (QED) is 0.0493. The fourth-order valence-electron chi connectivity index (χ4n) is 6.05. The van der Waals surface area contributed by atoms with E-state index in [4.69, 9.17) is 19.2 Å². The molecular weight excluding hydrogens is 693 g/mol. The Morgan fingerprint density at radius 2 is 1.65 bits per heavy atom. The van der Waals surface area contributed by atoms with E-state index in [1.54, 1.807) is 6.92 Å². The molecule has 1 amide bonds. The molecule has 0 aliphatic heterocycles. The molecule has 2 N–H and O–H groups in total. The number of carbonyl (C=O) groups excluding carboxylic acids is 2. The molecule has 54 heavy (non-hydrogen) atoms. The highest BCUT2D eigenvalue weighted by molar-refractivity contribution is 6.76. The molecule has 0 fully saturated rings. The molecule has 5 rings (SSSR count). The zero-order valence-electron chi connectivity index (χ0n) is 32.5. The van der Waals surface area contributed by atoms with Crippen LogP contribution >= 0.6 is 0 Å². The lowest BCUT2D eigenvalue weighted by Gasteiger charge is -2.22. The number of hydrogen-bond donors (Lipinski definition) is 2. The number of aryl methyl sites for hydroxylation is 1. The van der Waals surface area contributed by atoms with Crippen molar-refractivity contribution in [1.29, 1.82) is 0 Å². The van der Waals surface area contributed by atoms with E-state index in [0.717, 1.165) is 50.6 Å². The fraction of sp³-hybridized carbons (Fsp3) is 0.341. The number of para-hydroxylation sites is 1. The summed E-state index contributed by atoms with van der Waals surface area (Å²) in [6.07, 6.45) is 2.74. The third kappa shape index (κ3) is 12.0. The molecule has 1 aromatic heterocycles. The van der Waals surface area contributed by atoms with Crippen LogP contribution in [0.4, 0.5) is 17.3 Å². The van der Waals surface area contributed by atoms with E-state index in [1.165, 1.54) is 0 Å². The smallest absolute Gasteiger partial charge is 0.310 e. The molecule has 5 aromatic rings. The van der Waals surface area contributed by atoms with Crippen LogP contribution in [0.5, 0.6) is 0 Å². The molecule has 284 valence electrons. The van der Waals surface area contributed by atoms with Gasteiger partial charge in [0, 0.05) is 26.1 Å². The topological polar surface area (TPSA) is 104 Å². The first-order chi connectivity index (χ1) is 26.0. The first-order valence-electron chi connectivity index (χ1n) is 18.8. The number of benzene rings is 4. The second kappa shape index (κ2) is 19.3. The fourth-order valence-corrected chi connectivity index (χ4v) is 6.78. The molecule has 4 aromatic carbocycles. The Morgan fingerprint density at radius 1 is 0.907 bits per heavy atom. The van der Waals surface area contributed by atoms with Gasteiger partial charge in [0.2, 0.25) is 11.9 Å². The van der Waals surface area contributed by atoms with Gasteiger partial charge < -0.3 is 24.8 Å². The number of hydrogen-bond acceptors (Lipinski definition) is 7. The molecule has 0 saturated carbocycles. The van der Waals surface area contributed by atoms with Crippen LogP contribution in [0.25, 0.3) is 16.6 Å². The van der Waals surface area contributed by atoms with Crippen LogP contribution in [0.2, 0.25) is 25.7 Å². The molecule has 10 heteroatoms. The van der Waals surface area contributed by atoms with Gasteiger partial charge in [-0.25, -0.2) is 4.98 Å². The van der Waals surface area contributed by atoms with Gasteiger partial charge in [0.15, 0.2) is 0 Å². The van der Waals surface area contributed by atoms with Gasteiger partial charge in [0.05, 0.1) is 43.7 Å². The van der Waals surface area contributed by atoms with Gasteiger partial charge in [0.1, 0.15) is 6.23 Å². The van der Waals surface area contributed by atoms with E-state index in [1.807, 2.05) is 104 Å². The van der Waals surface area contributed by atoms with E-state index in [9.17, 15) is 9.59 Å². The number of nitrogens with zero attached hydrogens (tertiary/aromatic N) is 2. The third-order valence-electron chi connectivity index (χ3n) is 9.03. The van der Waals surface area contributed by atoms with Crippen LogP contribution in [0.1, 0.15) is 55.2 Å². The number of anilines is 3. The van der Waals surface area contributed by atoms with E-state index in [2.05, 4.69) is 47.8 Å². The minimum Gasteiger partial charge on any atom is -0.466 e. The molecule has 1 heterocycles. The van der Waals surface area contributed by atoms with Crippen molar-refractivity contribution in [3.8, 4) is 0 Å². The molecule has 0 radical (unpaired) electrons. The summed E-state index contributed by atoms with van der Waals surface area (Å²) in [7, 11) is -1.28. The summed E-state index contributed by atoms with van der Waals surface area (Å²) >= 11 is 0. The normalized spacial score (nSPS) is 12.4. The number of aromatic nitrogens is 2. The Labute approximate surface area is 320 Å². The van der Waals surface area contributed by atoms with Crippen molar-refractivity contribution in [2.24, 2.45) is 0 Å². The van der Waals surface area contributed by atoms with Crippen molar-refractivity contribution >= 4 is 53.9 Å². The monoisotopic (exact) mass is 746 g/mol. The van der Waals surface area contributed by atoms with Gasteiger partial charge in [-0.2, -0.15) is 0 Å². The minimum absolute atomic E-state index is 0.135. The predicted molar refractivity (Wildman–Crippen MR) is 222 cm³/mol. The summed E-state index contributed by atoms with van der Waals surface area (Å²) < 4.78 is 19.6. The Morgan fingerprint density at radius 3 is 2.37 bits per heavy atom. The number of nitrogens with one attached hydrogen (secondary N) is 2. The summed E-state index contributed by atoms with van der Waals surface area (Å²) in [6.45, 7) is 15.0. The maximum atomic E-state index is 13.3. The number of rotatable bonds is 19. The molecule has 0 aliphatic rings. The number of imidazole rings is 1. The van der Waals surface area contributed by atoms with E-state index < -0.39 is 8.07 Å². The number of esters is 1. The van der Waals surface area contributed by atoms with Gasteiger partial charge in [-0.1, -0.05) is 92.4 Å². The van der Waals surface area contributed by atoms with E-state index in [0.29, 0.717) is 44.5 Å². The van der Waals surface area contributed by atoms with E-state index >= 15 is 0 Å². The van der Waals surface area contributed by atoms with Crippen molar-refractivity contribution in [2.75, 3.05) is 30.5 Å². The lowest BCUT2D eigenvalue weighted by atomic mass is 10.0. The predicted octanol–water partition coefficient (Wildman–Crippen LogP) is 10.1. The average Bonchev–Trinajstić information content (AvgIpc) is 3.49. The molecule has 0 bridgehead atoms. The number of amides is 1. The minimum atomic E-state index is -1.28. The standard InChI is InChI=1S/C44H54N4O5Si/c1-7-52-43(50)30-37(17-13-25-51-31-34-15-9-8-10-16-34)36-20-22-38(23-21-36)45-42(49)29-35-19-24-40-41(28-35)48(33(3)53-26-27-54(4,5)6)44(47-40)46-39-18-12-11-14-32(39)2/h8-12,14-24,28,33H,7,13,25-27,29-31H2,1-6H3,(H,45,49)(H,46,47). The molecule has 1 unspecified atom stereocenters. The molecule has 1 atom stereocenters. The van der Waals surface area contributed by atoms with Crippen molar-refractivity contribution < 1.29 is 23.8 Å². The largest absolute Gasteiger partial charge is 0.466 e. The van der Waals surface area contributed by atoms with Crippen molar-refractivity contribution in [1.82, 2.24) is 9.55 Å². The highest BCUT2D eigenvalue weighted by atomic mass is 28.3. The Balaban J connectivity index is 1.27. The third-order valence-corrected chi connectivity index (χ3v) is 10.7. The van der Waals surface area contributed by atoms with Crippen molar-refractivity contribution in [3.63, 3.8) is 0 Å².